The molecule has 0 aromatic heterocycles. The van der Waals surface area contributed by atoms with Gasteiger partial charge in [0.15, 0.2) is 0 Å². The van der Waals surface area contributed by atoms with Crippen LogP contribution in [0.4, 0.5) is 4.39 Å². The van der Waals surface area contributed by atoms with Gasteiger partial charge in [-0.15, -0.1) is 0 Å². The van der Waals surface area contributed by atoms with E-state index in [0.29, 0.717) is 6.08 Å². The van der Waals surface area contributed by atoms with Gasteiger partial charge in [0.1, 0.15) is 5.83 Å². The van der Waals surface area contributed by atoms with E-state index in [2.05, 4.69) is 0 Å². The summed E-state index contributed by atoms with van der Waals surface area (Å²) in [5.41, 5.74) is 0. The lowest BCUT2D eigenvalue weighted by molar-refractivity contribution is -0.131. The van der Waals surface area contributed by atoms with E-state index >= 15 is 0 Å². The molecule has 0 aromatic carbocycles. The number of allylic oxidation sites excluding steroid dienone is 3. The zero-order chi connectivity index (χ0) is 7.28. The van der Waals surface area contributed by atoms with Crippen molar-refractivity contribution in [3.8, 4) is 0 Å². The minimum Gasteiger partial charge on any atom is -0.478 e. The smallest absolute Gasteiger partial charge is 0.331 e. The van der Waals surface area contributed by atoms with Crippen molar-refractivity contribution in [2.75, 3.05) is 0 Å². The van der Waals surface area contributed by atoms with Gasteiger partial charge in [-0.1, -0.05) is 6.08 Å². The Labute approximate surface area is 52.3 Å². The van der Waals surface area contributed by atoms with Crippen molar-refractivity contribution in [3.05, 3.63) is 24.1 Å². The highest BCUT2D eigenvalue weighted by Crippen LogP contribution is 1.96. The number of carbonyl (C=O) groups is 1. The molecule has 0 saturated heterocycles. The van der Waals surface area contributed by atoms with Crippen LogP contribution in [0.3, 0.4) is 0 Å². The molecule has 0 fully saturated rings. The second-order valence-electron chi connectivity index (χ2n) is 1.37. The second-order valence-corrected chi connectivity index (χ2v) is 1.37. The van der Waals surface area contributed by atoms with Gasteiger partial charge in [-0.2, -0.15) is 0 Å². The Kier molecular flexibility index (Phi) is 3.35. The number of halogens is 1. The number of rotatable bonds is 2. The summed E-state index contributed by atoms with van der Waals surface area (Å²) in [5, 5.41) is 7.96. The SMILES string of the molecule is C/C=C\C(F)=C/C(=O)O. The van der Waals surface area contributed by atoms with Crippen LogP contribution >= 0.6 is 0 Å². The molecular formula is C6H7FO2. The van der Waals surface area contributed by atoms with E-state index in [1.165, 1.54) is 6.08 Å². The summed E-state index contributed by atoms with van der Waals surface area (Å²) >= 11 is 0. The van der Waals surface area contributed by atoms with Crippen molar-refractivity contribution in [1.82, 2.24) is 0 Å². The van der Waals surface area contributed by atoms with E-state index < -0.39 is 11.8 Å². The number of carboxylic acid groups (broad SMARTS) is 1. The van der Waals surface area contributed by atoms with Crippen LogP contribution in [0, 0.1) is 0 Å². The first-order valence-electron chi connectivity index (χ1n) is 2.39. The zero-order valence-electron chi connectivity index (χ0n) is 4.97. The van der Waals surface area contributed by atoms with Crippen LogP contribution in [0.1, 0.15) is 6.92 Å². The summed E-state index contributed by atoms with van der Waals surface area (Å²) in [4.78, 5) is 9.73. The van der Waals surface area contributed by atoms with E-state index in [9.17, 15) is 9.18 Å². The van der Waals surface area contributed by atoms with Crippen molar-refractivity contribution in [2.45, 2.75) is 6.92 Å². The van der Waals surface area contributed by atoms with Gasteiger partial charge in [0.2, 0.25) is 0 Å². The largest absolute Gasteiger partial charge is 0.478 e. The fourth-order valence-electron chi connectivity index (χ4n) is 0.325. The molecule has 0 spiro atoms. The molecule has 0 rings (SSSR count). The molecule has 0 radical (unpaired) electrons. The van der Waals surface area contributed by atoms with E-state index in [-0.39, 0.29) is 0 Å². The van der Waals surface area contributed by atoms with Gasteiger partial charge in [0.05, 0.1) is 6.08 Å². The summed E-state index contributed by atoms with van der Waals surface area (Å²) in [5.74, 6) is -2.02. The summed E-state index contributed by atoms with van der Waals surface area (Å²) in [6.07, 6.45) is 3.00. The maximum atomic E-state index is 12.0. The minimum absolute atomic E-state index is 0.500. The molecule has 0 bridgehead atoms. The number of hydrogen-bond acceptors (Lipinski definition) is 1. The van der Waals surface area contributed by atoms with Gasteiger partial charge >= 0.3 is 5.97 Å². The summed E-state index contributed by atoms with van der Waals surface area (Å²) in [7, 11) is 0. The first-order chi connectivity index (χ1) is 4.16. The highest BCUT2D eigenvalue weighted by Gasteiger charge is 1.90. The van der Waals surface area contributed by atoms with Crippen LogP contribution in [-0.4, -0.2) is 11.1 Å². The maximum absolute atomic E-state index is 12.0. The highest BCUT2D eigenvalue weighted by atomic mass is 19.1. The van der Waals surface area contributed by atoms with Gasteiger partial charge in [-0.05, 0) is 13.0 Å². The predicted octanol–water partition coefficient (Wildman–Crippen LogP) is 1.50. The van der Waals surface area contributed by atoms with E-state index in [1.54, 1.807) is 6.92 Å². The van der Waals surface area contributed by atoms with Gasteiger partial charge in [-0.25, -0.2) is 9.18 Å². The monoisotopic (exact) mass is 130 g/mol. The molecule has 0 aliphatic carbocycles. The maximum Gasteiger partial charge on any atom is 0.331 e. The third-order valence-corrected chi connectivity index (χ3v) is 0.587. The topological polar surface area (TPSA) is 37.3 Å². The Morgan fingerprint density at radius 3 is 2.56 bits per heavy atom. The van der Waals surface area contributed by atoms with Gasteiger partial charge < -0.3 is 5.11 Å². The van der Waals surface area contributed by atoms with Gasteiger partial charge in [0.25, 0.3) is 0 Å². The molecule has 0 aliphatic heterocycles. The van der Waals surface area contributed by atoms with Crippen LogP contribution in [0.5, 0.6) is 0 Å². The molecule has 3 heteroatoms. The minimum atomic E-state index is -1.27. The molecule has 0 aromatic rings. The van der Waals surface area contributed by atoms with Crippen molar-refractivity contribution in [3.63, 3.8) is 0 Å². The molecule has 9 heavy (non-hydrogen) atoms. The lowest BCUT2D eigenvalue weighted by Crippen LogP contribution is -1.86. The third kappa shape index (κ3) is 4.74. The van der Waals surface area contributed by atoms with Crippen LogP contribution < -0.4 is 0 Å². The molecular weight excluding hydrogens is 123 g/mol. The number of carboxylic acids is 1. The second kappa shape index (κ2) is 3.83. The Hall–Kier alpha value is -1.12. The molecule has 0 atom stereocenters. The van der Waals surface area contributed by atoms with Crippen molar-refractivity contribution < 1.29 is 14.3 Å². The number of aliphatic carboxylic acids is 1. The standard InChI is InChI=1S/C6H7FO2/c1-2-3-5(7)4-6(8)9/h2-4H,1H3,(H,8,9)/b3-2-,5-4+. The Bertz CT molecular complexity index is 158. The van der Waals surface area contributed by atoms with Crippen molar-refractivity contribution in [1.29, 1.82) is 0 Å². The molecule has 0 unspecified atom stereocenters. The quantitative estimate of drug-likeness (QED) is 0.454. The van der Waals surface area contributed by atoms with Gasteiger partial charge in [0, 0.05) is 0 Å². The zero-order valence-corrected chi connectivity index (χ0v) is 4.97. The highest BCUT2D eigenvalue weighted by molar-refractivity contribution is 5.80. The summed E-state index contributed by atoms with van der Waals surface area (Å²) < 4.78 is 12.0. The Morgan fingerprint density at radius 1 is 1.67 bits per heavy atom. The first-order valence-corrected chi connectivity index (χ1v) is 2.39. The number of hydrogen-bond donors (Lipinski definition) is 1. The molecule has 0 aliphatic rings. The van der Waals surface area contributed by atoms with Crippen LogP contribution in [0.25, 0.3) is 0 Å². The molecule has 1 N–H and O–H groups in total. The predicted molar refractivity (Wildman–Crippen MR) is 31.6 cm³/mol. The Balaban J connectivity index is 4.00. The summed E-state index contributed by atoms with van der Waals surface area (Å²) in [6.45, 7) is 1.61. The first kappa shape index (κ1) is 7.88. The van der Waals surface area contributed by atoms with Crippen LogP contribution in [0.2, 0.25) is 0 Å². The lowest BCUT2D eigenvalue weighted by atomic mass is 10.4. The van der Waals surface area contributed by atoms with Crippen LogP contribution in [0.15, 0.2) is 24.1 Å². The molecule has 0 saturated carbocycles. The fourth-order valence-corrected chi connectivity index (χ4v) is 0.325. The summed E-state index contributed by atoms with van der Waals surface area (Å²) in [6, 6.07) is 0. The van der Waals surface area contributed by atoms with Crippen molar-refractivity contribution >= 4 is 5.97 Å². The molecule has 0 heterocycles. The van der Waals surface area contributed by atoms with Gasteiger partial charge in [-0.3, -0.25) is 0 Å². The van der Waals surface area contributed by atoms with E-state index in [1.807, 2.05) is 0 Å². The molecule has 50 valence electrons. The third-order valence-electron chi connectivity index (χ3n) is 0.587. The lowest BCUT2D eigenvalue weighted by Gasteiger charge is -1.80. The Morgan fingerprint density at radius 2 is 2.22 bits per heavy atom. The van der Waals surface area contributed by atoms with Crippen LogP contribution in [-0.2, 0) is 4.79 Å². The normalized spacial score (nSPS) is 12.4. The average Bonchev–Trinajstić information content (AvgIpc) is 1.63. The fraction of sp³-hybridized carbons (Fsp3) is 0.167. The average molecular weight is 130 g/mol. The van der Waals surface area contributed by atoms with E-state index in [4.69, 9.17) is 5.11 Å². The molecule has 0 amide bonds. The van der Waals surface area contributed by atoms with Crippen molar-refractivity contribution in [2.24, 2.45) is 0 Å². The van der Waals surface area contributed by atoms with E-state index in [0.717, 1.165) is 6.08 Å². The molecule has 2 nitrogen and oxygen atoms in total.